The molecule has 1 aliphatic heterocycles. The highest BCUT2D eigenvalue weighted by molar-refractivity contribution is 8.00. The molecule has 2 heterocycles. The fourth-order valence-corrected chi connectivity index (χ4v) is 3.39. The van der Waals surface area contributed by atoms with Crippen LogP contribution in [0.4, 0.5) is 0 Å². The van der Waals surface area contributed by atoms with Crippen LogP contribution in [0.25, 0.3) is 0 Å². The predicted octanol–water partition coefficient (Wildman–Crippen LogP) is 1.39. The molecule has 2 aliphatic rings. The van der Waals surface area contributed by atoms with Gasteiger partial charge in [0.1, 0.15) is 0 Å². The van der Waals surface area contributed by atoms with Gasteiger partial charge < -0.3 is 20.6 Å². The normalized spacial score (nSPS) is 16.7. The molecular weight excluding hydrogens is 342 g/mol. The third-order valence-corrected chi connectivity index (χ3v) is 5.25. The molecule has 0 unspecified atom stereocenters. The van der Waals surface area contributed by atoms with Gasteiger partial charge in [-0.05, 0) is 37.5 Å². The zero-order valence-corrected chi connectivity index (χ0v) is 14.6. The fourth-order valence-electron chi connectivity index (χ4n) is 2.58. The highest BCUT2D eigenvalue weighted by atomic mass is 32.2. The standard InChI is InChI=1S/C16H19N5O3S/c1-9(25-16-20-19-14(21(16)17)11-3-4-11)15(22)18-7-10-2-5-12-13(6-10)24-8-23-12/h2,5-6,9,11H,3-4,7-8,17H2,1H3,(H,18,22)/t9-/m0/s1. The molecule has 25 heavy (non-hydrogen) atoms. The summed E-state index contributed by atoms with van der Waals surface area (Å²) in [5.41, 5.74) is 0.952. The number of amides is 1. The highest BCUT2D eigenvalue weighted by Gasteiger charge is 2.30. The Hall–Kier alpha value is -2.42. The second kappa shape index (κ2) is 6.47. The summed E-state index contributed by atoms with van der Waals surface area (Å²) in [6, 6.07) is 5.63. The van der Waals surface area contributed by atoms with Gasteiger partial charge in [-0.25, -0.2) is 4.68 Å². The maximum Gasteiger partial charge on any atom is 0.233 e. The molecule has 1 saturated carbocycles. The summed E-state index contributed by atoms with van der Waals surface area (Å²) in [5.74, 6) is 8.59. The molecule has 0 radical (unpaired) electrons. The number of benzene rings is 1. The smallest absolute Gasteiger partial charge is 0.233 e. The van der Waals surface area contributed by atoms with Gasteiger partial charge in [0.2, 0.25) is 17.9 Å². The first-order valence-electron chi connectivity index (χ1n) is 8.15. The van der Waals surface area contributed by atoms with Crippen molar-refractivity contribution in [1.82, 2.24) is 20.2 Å². The summed E-state index contributed by atoms with van der Waals surface area (Å²) in [6.07, 6.45) is 2.21. The molecule has 1 fully saturated rings. The summed E-state index contributed by atoms with van der Waals surface area (Å²) >= 11 is 1.31. The van der Waals surface area contributed by atoms with E-state index in [9.17, 15) is 4.79 Å². The van der Waals surface area contributed by atoms with Gasteiger partial charge in [-0.15, -0.1) is 10.2 Å². The number of aromatic nitrogens is 3. The van der Waals surface area contributed by atoms with Crippen molar-refractivity contribution >= 4 is 17.7 Å². The molecule has 1 aromatic heterocycles. The van der Waals surface area contributed by atoms with Crippen LogP contribution >= 0.6 is 11.8 Å². The summed E-state index contributed by atoms with van der Waals surface area (Å²) in [4.78, 5) is 12.3. The SMILES string of the molecule is C[C@H](Sc1nnc(C2CC2)n1N)C(=O)NCc1ccc2c(c1)OCO2. The number of carbonyl (C=O) groups is 1. The lowest BCUT2D eigenvalue weighted by Gasteiger charge is -2.12. The summed E-state index contributed by atoms with van der Waals surface area (Å²) in [5, 5.41) is 11.4. The number of nitrogens with zero attached hydrogens (tertiary/aromatic N) is 3. The Morgan fingerprint density at radius 2 is 2.20 bits per heavy atom. The molecule has 0 spiro atoms. The van der Waals surface area contributed by atoms with Crippen molar-refractivity contribution in [2.45, 2.75) is 42.6 Å². The van der Waals surface area contributed by atoms with Crippen LogP contribution in [0.2, 0.25) is 0 Å². The molecule has 0 saturated heterocycles. The molecule has 3 N–H and O–H groups in total. The number of nitrogens with one attached hydrogen (secondary N) is 1. The van der Waals surface area contributed by atoms with Crippen LogP contribution < -0.4 is 20.6 Å². The Bertz CT molecular complexity index is 805. The number of ether oxygens (including phenoxy) is 2. The van der Waals surface area contributed by atoms with E-state index in [1.165, 1.54) is 16.4 Å². The minimum Gasteiger partial charge on any atom is -0.454 e. The zero-order chi connectivity index (χ0) is 17.4. The molecule has 132 valence electrons. The van der Waals surface area contributed by atoms with Crippen molar-refractivity contribution in [1.29, 1.82) is 0 Å². The molecule has 8 nitrogen and oxygen atoms in total. The third kappa shape index (κ3) is 3.37. The van der Waals surface area contributed by atoms with Crippen LogP contribution in [0.3, 0.4) is 0 Å². The van der Waals surface area contributed by atoms with E-state index >= 15 is 0 Å². The Morgan fingerprint density at radius 1 is 1.40 bits per heavy atom. The number of nitrogen functional groups attached to an aromatic ring is 1. The molecule has 9 heteroatoms. The Morgan fingerprint density at radius 3 is 3.00 bits per heavy atom. The lowest BCUT2D eigenvalue weighted by molar-refractivity contribution is -0.120. The van der Waals surface area contributed by atoms with Crippen LogP contribution in [-0.2, 0) is 11.3 Å². The van der Waals surface area contributed by atoms with E-state index in [1.807, 2.05) is 25.1 Å². The summed E-state index contributed by atoms with van der Waals surface area (Å²) < 4.78 is 12.1. The number of rotatable bonds is 6. The molecule has 2 aromatic rings. The molecule has 0 bridgehead atoms. The lowest BCUT2D eigenvalue weighted by atomic mass is 10.2. The highest BCUT2D eigenvalue weighted by Crippen LogP contribution is 2.39. The zero-order valence-electron chi connectivity index (χ0n) is 13.8. The Kier molecular flexibility index (Phi) is 4.16. The first-order chi connectivity index (χ1) is 12.1. The summed E-state index contributed by atoms with van der Waals surface area (Å²) in [7, 11) is 0. The maximum atomic E-state index is 12.3. The van der Waals surface area contributed by atoms with Crippen molar-refractivity contribution in [3.8, 4) is 11.5 Å². The van der Waals surface area contributed by atoms with Gasteiger partial charge in [-0.3, -0.25) is 4.79 Å². The number of nitrogens with two attached hydrogens (primary N) is 1. The molecule has 1 aromatic carbocycles. The minimum atomic E-state index is -0.326. The van der Waals surface area contributed by atoms with Crippen molar-refractivity contribution in [3.05, 3.63) is 29.6 Å². The van der Waals surface area contributed by atoms with E-state index in [2.05, 4.69) is 15.5 Å². The van der Waals surface area contributed by atoms with E-state index in [0.29, 0.717) is 23.4 Å². The predicted molar refractivity (Wildman–Crippen MR) is 91.9 cm³/mol. The second-order valence-corrected chi connectivity index (χ2v) is 7.46. The van der Waals surface area contributed by atoms with E-state index in [4.69, 9.17) is 15.3 Å². The van der Waals surface area contributed by atoms with Crippen LogP contribution in [0.1, 0.15) is 37.1 Å². The number of hydrogen-bond acceptors (Lipinski definition) is 7. The molecule has 1 amide bonds. The number of thioether (sulfide) groups is 1. The van der Waals surface area contributed by atoms with Gasteiger partial charge in [0.25, 0.3) is 0 Å². The van der Waals surface area contributed by atoms with E-state index < -0.39 is 0 Å². The topological polar surface area (TPSA) is 104 Å². The second-order valence-electron chi connectivity index (χ2n) is 6.15. The maximum absolute atomic E-state index is 12.3. The third-order valence-electron chi connectivity index (χ3n) is 4.19. The van der Waals surface area contributed by atoms with Crippen LogP contribution in [0.15, 0.2) is 23.4 Å². The van der Waals surface area contributed by atoms with Crippen LogP contribution in [0, 0.1) is 0 Å². The van der Waals surface area contributed by atoms with Crippen molar-refractivity contribution in [2.75, 3.05) is 12.6 Å². The molecule has 1 aliphatic carbocycles. The van der Waals surface area contributed by atoms with Gasteiger partial charge in [-0.2, -0.15) is 0 Å². The van der Waals surface area contributed by atoms with Gasteiger partial charge in [0.05, 0.1) is 5.25 Å². The largest absolute Gasteiger partial charge is 0.454 e. The number of carbonyl (C=O) groups excluding carboxylic acids is 1. The van der Waals surface area contributed by atoms with E-state index in [0.717, 1.165) is 30.0 Å². The lowest BCUT2D eigenvalue weighted by Crippen LogP contribution is -2.31. The van der Waals surface area contributed by atoms with Gasteiger partial charge in [0.15, 0.2) is 17.3 Å². The number of fused-ring (bicyclic) bond motifs is 1. The Balaban J connectivity index is 1.33. The van der Waals surface area contributed by atoms with Gasteiger partial charge >= 0.3 is 0 Å². The molecule has 4 rings (SSSR count). The average molecular weight is 361 g/mol. The molecule has 1 atom stereocenters. The van der Waals surface area contributed by atoms with Crippen LogP contribution in [0.5, 0.6) is 11.5 Å². The Labute approximate surface area is 149 Å². The first kappa shape index (κ1) is 16.1. The van der Waals surface area contributed by atoms with Gasteiger partial charge in [-0.1, -0.05) is 17.8 Å². The quantitative estimate of drug-likeness (QED) is 0.592. The molecular formula is C16H19N5O3S. The average Bonchev–Trinajstić information content (AvgIpc) is 3.23. The first-order valence-corrected chi connectivity index (χ1v) is 9.03. The van der Waals surface area contributed by atoms with E-state index in [1.54, 1.807) is 0 Å². The van der Waals surface area contributed by atoms with Crippen molar-refractivity contribution in [2.24, 2.45) is 0 Å². The van der Waals surface area contributed by atoms with E-state index in [-0.39, 0.29) is 18.0 Å². The van der Waals surface area contributed by atoms with Crippen molar-refractivity contribution < 1.29 is 14.3 Å². The fraction of sp³-hybridized carbons (Fsp3) is 0.438. The minimum absolute atomic E-state index is 0.0846. The van der Waals surface area contributed by atoms with Gasteiger partial charge in [0, 0.05) is 12.5 Å². The van der Waals surface area contributed by atoms with Crippen molar-refractivity contribution in [3.63, 3.8) is 0 Å². The summed E-state index contributed by atoms with van der Waals surface area (Å²) in [6.45, 7) is 2.48. The number of hydrogen-bond donors (Lipinski definition) is 2. The van der Waals surface area contributed by atoms with Crippen LogP contribution in [-0.4, -0.2) is 32.8 Å². The monoisotopic (exact) mass is 361 g/mol.